The highest BCUT2D eigenvalue weighted by Crippen LogP contribution is 2.44. The maximum atomic E-state index is 13.7. The first kappa shape index (κ1) is 10.3. The molecule has 1 aliphatic rings. The number of aromatic nitrogens is 4. The van der Waals surface area contributed by atoms with Crippen LogP contribution in [0.1, 0.15) is 29.7 Å². The van der Waals surface area contributed by atoms with Gasteiger partial charge < -0.3 is 0 Å². The van der Waals surface area contributed by atoms with Gasteiger partial charge in [-0.3, -0.25) is 4.98 Å². The molecule has 3 heterocycles. The van der Waals surface area contributed by atoms with Gasteiger partial charge in [-0.1, -0.05) is 6.07 Å². The molecule has 1 aliphatic heterocycles. The van der Waals surface area contributed by atoms with Crippen LogP contribution < -0.4 is 0 Å². The van der Waals surface area contributed by atoms with E-state index in [0.29, 0.717) is 5.82 Å². The zero-order valence-electron chi connectivity index (χ0n) is 9.14. The first-order valence-electron chi connectivity index (χ1n) is 5.29. The van der Waals surface area contributed by atoms with Gasteiger partial charge in [0.25, 0.3) is 0 Å². The van der Waals surface area contributed by atoms with Crippen molar-refractivity contribution in [2.24, 2.45) is 0 Å². The van der Waals surface area contributed by atoms with E-state index in [9.17, 15) is 8.78 Å². The number of hydrogen-bond acceptors (Lipinski definition) is 3. The first-order valence-corrected chi connectivity index (χ1v) is 5.29. The Morgan fingerprint density at radius 2 is 2.29 bits per heavy atom. The second-order valence-electron chi connectivity index (χ2n) is 4.14. The highest BCUT2D eigenvalue weighted by Gasteiger charge is 2.48. The fourth-order valence-electron chi connectivity index (χ4n) is 2.15. The van der Waals surface area contributed by atoms with Crippen LogP contribution in [-0.4, -0.2) is 19.7 Å². The summed E-state index contributed by atoms with van der Waals surface area (Å²) in [7, 11) is 0. The summed E-state index contributed by atoms with van der Waals surface area (Å²) in [4.78, 5) is 7.75. The van der Waals surface area contributed by atoms with E-state index in [1.165, 1.54) is 4.68 Å². The van der Waals surface area contributed by atoms with Crippen LogP contribution in [-0.2, 0) is 5.92 Å². The van der Waals surface area contributed by atoms with Gasteiger partial charge in [0.2, 0.25) is 0 Å². The lowest BCUT2D eigenvalue weighted by Crippen LogP contribution is -2.10. The maximum absolute atomic E-state index is 13.7. The van der Waals surface area contributed by atoms with Gasteiger partial charge >= 0.3 is 5.92 Å². The highest BCUT2D eigenvalue weighted by atomic mass is 19.3. The summed E-state index contributed by atoms with van der Waals surface area (Å²) >= 11 is 0. The summed E-state index contributed by atoms with van der Waals surface area (Å²) in [6.45, 7) is 1.61. The van der Waals surface area contributed by atoms with Crippen molar-refractivity contribution in [3.05, 3.63) is 41.7 Å². The van der Waals surface area contributed by atoms with Crippen LogP contribution in [0.15, 0.2) is 24.5 Å². The third kappa shape index (κ3) is 1.51. The molecule has 0 N–H and O–H groups in total. The summed E-state index contributed by atoms with van der Waals surface area (Å²) in [6.07, 6.45) is 2.91. The Morgan fingerprint density at radius 1 is 1.47 bits per heavy atom. The predicted molar refractivity (Wildman–Crippen MR) is 55.6 cm³/mol. The third-order valence-electron chi connectivity index (χ3n) is 2.88. The van der Waals surface area contributed by atoms with Crippen molar-refractivity contribution < 1.29 is 8.78 Å². The quantitative estimate of drug-likeness (QED) is 0.761. The standard InChI is InChI=1S/C11H10F2N4/c1-7-15-10-11(12,13)5-9(17(10)16-7)8-3-2-4-14-6-8/h2-4,6,9H,5H2,1H3. The molecule has 0 aromatic carbocycles. The summed E-state index contributed by atoms with van der Waals surface area (Å²) in [6, 6.07) is 3.03. The molecule has 0 spiro atoms. The Kier molecular flexibility index (Phi) is 2.01. The summed E-state index contributed by atoms with van der Waals surface area (Å²) in [5, 5.41) is 4.04. The van der Waals surface area contributed by atoms with Gasteiger partial charge in [-0.25, -0.2) is 9.67 Å². The number of hydrogen-bond donors (Lipinski definition) is 0. The minimum absolute atomic E-state index is 0.246. The molecule has 0 bridgehead atoms. The van der Waals surface area contributed by atoms with Crippen molar-refractivity contribution in [1.29, 1.82) is 0 Å². The van der Waals surface area contributed by atoms with Crippen molar-refractivity contribution >= 4 is 0 Å². The average molecular weight is 236 g/mol. The average Bonchev–Trinajstić information content (AvgIpc) is 2.79. The SMILES string of the molecule is Cc1nc2n(n1)C(c1cccnc1)CC2(F)F. The predicted octanol–water partition coefficient (Wildman–Crippen LogP) is 2.07. The number of nitrogens with zero attached hydrogens (tertiary/aromatic N) is 4. The van der Waals surface area contributed by atoms with E-state index < -0.39 is 12.0 Å². The van der Waals surface area contributed by atoms with E-state index in [4.69, 9.17) is 0 Å². The molecule has 17 heavy (non-hydrogen) atoms. The molecule has 0 radical (unpaired) electrons. The second-order valence-corrected chi connectivity index (χ2v) is 4.14. The lowest BCUT2D eigenvalue weighted by atomic mass is 10.1. The highest BCUT2D eigenvalue weighted by molar-refractivity contribution is 5.21. The minimum atomic E-state index is -2.91. The van der Waals surface area contributed by atoms with Crippen molar-refractivity contribution in [2.75, 3.05) is 0 Å². The second kappa shape index (κ2) is 3.32. The van der Waals surface area contributed by atoms with E-state index in [1.54, 1.807) is 31.5 Å². The molecule has 0 aliphatic carbocycles. The van der Waals surface area contributed by atoms with Crippen LogP contribution in [0.3, 0.4) is 0 Å². The van der Waals surface area contributed by atoms with E-state index in [1.807, 2.05) is 0 Å². The lowest BCUT2D eigenvalue weighted by molar-refractivity contribution is -0.00887. The number of fused-ring (bicyclic) bond motifs is 1. The van der Waals surface area contributed by atoms with Crippen LogP contribution in [0.5, 0.6) is 0 Å². The topological polar surface area (TPSA) is 43.6 Å². The number of alkyl halides is 2. The molecule has 4 nitrogen and oxygen atoms in total. The van der Waals surface area contributed by atoms with Gasteiger partial charge in [0.05, 0.1) is 6.04 Å². The fourth-order valence-corrected chi connectivity index (χ4v) is 2.15. The van der Waals surface area contributed by atoms with Gasteiger partial charge in [0, 0.05) is 18.8 Å². The Morgan fingerprint density at radius 3 is 3.00 bits per heavy atom. The Hall–Kier alpha value is -1.85. The molecule has 1 unspecified atom stereocenters. The van der Waals surface area contributed by atoms with Gasteiger partial charge in [-0.15, -0.1) is 0 Å². The van der Waals surface area contributed by atoms with Gasteiger partial charge in [-0.2, -0.15) is 13.9 Å². The number of pyridine rings is 1. The molecule has 2 aromatic heterocycles. The van der Waals surface area contributed by atoms with Crippen LogP contribution in [0.4, 0.5) is 8.78 Å². The fraction of sp³-hybridized carbons (Fsp3) is 0.364. The molecular formula is C11H10F2N4. The molecule has 1 atom stereocenters. The van der Waals surface area contributed by atoms with Crippen LogP contribution in [0, 0.1) is 6.92 Å². The molecule has 6 heteroatoms. The third-order valence-corrected chi connectivity index (χ3v) is 2.88. The summed E-state index contributed by atoms with van der Waals surface area (Å²) < 4.78 is 28.8. The molecule has 2 aromatic rings. The van der Waals surface area contributed by atoms with Crippen LogP contribution in [0.2, 0.25) is 0 Å². The van der Waals surface area contributed by atoms with E-state index >= 15 is 0 Å². The summed E-state index contributed by atoms with van der Waals surface area (Å²) in [5.41, 5.74) is 0.732. The smallest absolute Gasteiger partial charge is 0.264 e. The summed E-state index contributed by atoms with van der Waals surface area (Å²) in [5.74, 6) is -2.79. The van der Waals surface area contributed by atoms with E-state index in [0.717, 1.165) is 5.56 Å². The number of halogens is 2. The molecule has 0 fully saturated rings. The normalized spacial score (nSPS) is 21.5. The Bertz CT molecular complexity index is 550. The zero-order valence-corrected chi connectivity index (χ0v) is 9.14. The van der Waals surface area contributed by atoms with Crippen molar-refractivity contribution in [2.45, 2.75) is 25.3 Å². The molecule has 88 valence electrons. The largest absolute Gasteiger partial charge is 0.308 e. The van der Waals surface area contributed by atoms with Crippen molar-refractivity contribution in [3.63, 3.8) is 0 Å². The van der Waals surface area contributed by atoms with E-state index in [2.05, 4.69) is 15.1 Å². The lowest BCUT2D eigenvalue weighted by Gasteiger charge is -2.11. The number of aryl methyl sites for hydroxylation is 1. The monoisotopic (exact) mass is 236 g/mol. The Labute approximate surface area is 96.3 Å². The zero-order chi connectivity index (χ0) is 12.0. The van der Waals surface area contributed by atoms with Gasteiger partial charge in [0.15, 0.2) is 5.82 Å². The molecule has 0 saturated carbocycles. The molecule has 0 amide bonds. The van der Waals surface area contributed by atoms with Gasteiger partial charge in [-0.05, 0) is 18.6 Å². The van der Waals surface area contributed by atoms with E-state index in [-0.39, 0.29) is 12.2 Å². The molecular weight excluding hydrogens is 226 g/mol. The maximum Gasteiger partial charge on any atom is 0.308 e. The first-order chi connectivity index (χ1) is 8.08. The van der Waals surface area contributed by atoms with Crippen molar-refractivity contribution in [3.8, 4) is 0 Å². The van der Waals surface area contributed by atoms with Crippen molar-refractivity contribution in [1.82, 2.24) is 19.7 Å². The molecule has 0 saturated heterocycles. The van der Waals surface area contributed by atoms with Gasteiger partial charge in [0.1, 0.15) is 5.82 Å². The van der Waals surface area contributed by atoms with Crippen LogP contribution >= 0.6 is 0 Å². The molecule has 3 rings (SSSR count). The van der Waals surface area contributed by atoms with Crippen LogP contribution in [0.25, 0.3) is 0 Å². The number of rotatable bonds is 1. The Balaban J connectivity index is 2.11. The minimum Gasteiger partial charge on any atom is -0.264 e.